The van der Waals surface area contributed by atoms with E-state index in [9.17, 15) is 4.79 Å². The average Bonchev–Trinajstić information content (AvgIpc) is 3.02. The Hall–Kier alpha value is -1.83. The molecule has 2 aromatic rings. The van der Waals surface area contributed by atoms with Gasteiger partial charge in [0, 0.05) is 37.4 Å². The van der Waals surface area contributed by atoms with Crippen molar-refractivity contribution in [1.82, 2.24) is 20.1 Å². The number of hydrogen-bond acceptors (Lipinski definition) is 5. The SMILES string of the molecule is C=CCn1c(SC(C)C(=O)NCCCOC)nnc1-c1ccc(Cl)cc1. The lowest BCUT2D eigenvalue weighted by Gasteiger charge is -2.13. The van der Waals surface area contributed by atoms with Gasteiger partial charge in [0.25, 0.3) is 0 Å². The first-order valence-corrected chi connectivity index (χ1v) is 9.56. The summed E-state index contributed by atoms with van der Waals surface area (Å²) in [6.07, 6.45) is 2.56. The highest BCUT2D eigenvalue weighted by Crippen LogP contribution is 2.27. The molecular formula is C18H23ClN4O2S. The van der Waals surface area contributed by atoms with Gasteiger partial charge in [-0.05, 0) is 37.6 Å². The van der Waals surface area contributed by atoms with Gasteiger partial charge in [0.15, 0.2) is 11.0 Å². The van der Waals surface area contributed by atoms with Crippen molar-refractivity contribution in [2.24, 2.45) is 0 Å². The Bertz CT molecular complexity index is 733. The number of nitrogens with zero attached hydrogens (tertiary/aromatic N) is 3. The summed E-state index contributed by atoms with van der Waals surface area (Å²) in [4.78, 5) is 12.2. The number of amides is 1. The number of carbonyl (C=O) groups excluding carboxylic acids is 1. The number of methoxy groups -OCH3 is 1. The van der Waals surface area contributed by atoms with E-state index >= 15 is 0 Å². The van der Waals surface area contributed by atoms with Gasteiger partial charge >= 0.3 is 0 Å². The van der Waals surface area contributed by atoms with Crippen LogP contribution in [0.2, 0.25) is 5.02 Å². The van der Waals surface area contributed by atoms with Crippen molar-refractivity contribution in [2.75, 3.05) is 20.3 Å². The van der Waals surface area contributed by atoms with Gasteiger partial charge in [0.2, 0.25) is 5.91 Å². The lowest BCUT2D eigenvalue weighted by molar-refractivity contribution is -0.120. The molecule has 0 saturated heterocycles. The fourth-order valence-electron chi connectivity index (χ4n) is 2.27. The highest BCUT2D eigenvalue weighted by molar-refractivity contribution is 8.00. The molecule has 0 spiro atoms. The Morgan fingerprint density at radius 3 is 2.81 bits per heavy atom. The topological polar surface area (TPSA) is 69.0 Å². The molecule has 0 saturated carbocycles. The lowest BCUT2D eigenvalue weighted by atomic mass is 10.2. The molecule has 1 heterocycles. The first kappa shape index (κ1) is 20.5. The van der Waals surface area contributed by atoms with Crippen LogP contribution in [0.5, 0.6) is 0 Å². The molecule has 0 aliphatic heterocycles. The number of aromatic nitrogens is 3. The van der Waals surface area contributed by atoms with Crippen molar-refractivity contribution < 1.29 is 9.53 Å². The minimum atomic E-state index is -0.289. The lowest BCUT2D eigenvalue weighted by Crippen LogP contribution is -2.32. The number of halogens is 1. The third kappa shape index (κ3) is 5.59. The van der Waals surface area contributed by atoms with Crippen LogP contribution in [0.3, 0.4) is 0 Å². The van der Waals surface area contributed by atoms with Gasteiger partial charge in [0.05, 0.1) is 5.25 Å². The number of thioether (sulfide) groups is 1. The van der Waals surface area contributed by atoms with Gasteiger partial charge in [-0.15, -0.1) is 16.8 Å². The molecule has 0 aliphatic carbocycles. The standard InChI is InChI=1S/C18H23ClN4O2S/c1-4-11-23-16(14-6-8-15(19)9-7-14)21-22-18(23)26-13(2)17(24)20-10-5-12-25-3/h4,6-9,13H,1,5,10-12H2,2-3H3,(H,20,24). The van der Waals surface area contributed by atoms with Crippen LogP contribution in [0.25, 0.3) is 11.4 Å². The molecule has 0 aliphatic rings. The van der Waals surface area contributed by atoms with E-state index in [1.54, 1.807) is 13.2 Å². The van der Waals surface area contributed by atoms with E-state index in [1.165, 1.54) is 11.8 Å². The number of rotatable bonds is 10. The van der Waals surface area contributed by atoms with Gasteiger partial charge in [-0.1, -0.05) is 29.4 Å². The van der Waals surface area contributed by atoms with Crippen LogP contribution in [0, 0.1) is 0 Å². The monoisotopic (exact) mass is 394 g/mol. The zero-order valence-electron chi connectivity index (χ0n) is 14.9. The Morgan fingerprint density at radius 2 is 2.15 bits per heavy atom. The molecule has 2 rings (SSSR count). The van der Waals surface area contributed by atoms with Gasteiger partial charge in [-0.3, -0.25) is 9.36 Å². The number of nitrogens with one attached hydrogen (secondary N) is 1. The average molecular weight is 395 g/mol. The molecule has 0 fully saturated rings. The van der Waals surface area contributed by atoms with E-state index in [-0.39, 0.29) is 11.2 Å². The highest BCUT2D eigenvalue weighted by Gasteiger charge is 2.20. The highest BCUT2D eigenvalue weighted by atomic mass is 35.5. The number of benzene rings is 1. The molecule has 0 bridgehead atoms. The van der Waals surface area contributed by atoms with E-state index < -0.39 is 0 Å². The maximum Gasteiger partial charge on any atom is 0.233 e. The summed E-state index contributed by atoms with van der Waals surface area (Å²) < 4.78 is 6.92. The Morgan fingerprint density at radius 1 is 1.42 bits per heavy atom. The predicted molar refractivity (Wildman–Crippen MR) is 105 cm³/mol. The van der Waals surface area contributed by atoms with Crippen LogP contribution >= 0.6 is 23.4 Å². The zero-order chi connectivity index (χ0) is 18.9. The third-order valence-corrected chi connectivity index (χ3v) is 4.94. The zero-order valence-corrected chi connectivity index (χ0v) is 16.5. The molecule has 8 heteroatoms. The van der Waals surface area contributed by atoms with Crippen LogP contribution in [-0.4, -0.2) is 46.2 Å². The summed E-state index contributed by atoms with van der Waals surface area (Å²) in [5.74, 6) is 0.684. The van der Waals surface area contributed by atoms with Crippen LogP contribution in [0.4, 0.5) is 0 Å². The Kier molecular flexibility index (Phi) is 8.15. The molecule has 140 valence electrons. The summed E-state index contributed by atoms with van der Waals surface area (Å²) in [5.41, 5.74) is 0.910. The molecule has 1 aromatic carbocycles. The number of carbonyl (C=O) groups is 1. The van der Waals surface area contributed by atoms with E-state index in [2.05, 4.69) is 22.1 Å². The third-order valence-electron chi connectivity index (χ3n) is 3.61. The van der Waals surface area contributed by atoms with E-state index in [1.807, 2.05) is 35.8 Å². The molecule has 1 atom stereocenters. The quantitative estimate of drug-likeness (QED) is 0.380. The molecule has 6 nitrogen and oxygen atoms in total. The van der Waals surface area contributed by atoms with Crippen molar-refractivity contribution in [3.63, 3.8) is 0 Å². The summed E-state index contributed by atoms with van der Waals surface area (Å²) in [6, 6.07) is 7.41. The fourth-order valence-corrected chi connectivity index (χ4v) is 3.27. The largest absolute Gasteiger partial charge is 0.385 e. The fraction of sp³-hybridized carbons (Fsp3) is 0.389. The maximum absolute atomic E-state index is 12.2. The van der Waals surface area contributed by atoms with Crippen molar-refractivity contribution in [1.29, 1.82) is 0 Å². The number of allylic oxidation sites excluding steroid dienone is 1. The molecule has 1 amide bonds. The summed E-state index contributed by atoms with van der Waals surface area (Å²) in [6.45, 7) is 7.42. The first-order chi connectivity index (χ1) is 12.6. The number of hydrogen-bond donors (Lipinski definition) is 1. The van der Waals surface area contributed by atoms with E-state index in [0.717, 1.165) is 17.8 Å². The second-order valence-electron chi connectivity index (χ2n) is 5.61. The van der Waals surface area contributed by atoms with E-state index in [0.29, 0.717) is 29.9 Å². The van der Waals surface area contributed by atoms with Crippen LogP contribution in [-0.2, 0) is 16.1 Å². The molecule has 1 N–H and O–H groups in total. The summed E-state index contributed by atoms with van der Waals surface area (Å²) in [5, 5.41) is 12.5. The molecule has 0 radical (unpaired) electrons. The number of ether oxygens (including phenoxy) is 1. The minimum Gasteiger partial charge on any atom is -0.385 e. The van der Waals surface area contributed by atoms with Crippen molar-refractivity contribution in [2.45, 2.75) is 30.3 Å². The predicted octanol–water partition coefficient (Wildman–Crippen LogP) is 3.42. The van der Waals surface area contributed by atoms with Crippen molar-refractivity contribution in [3.05, 3.63) is 41.9 Å². The van der Waals surface area contributed by atoms with E-state index in [4.69, 9.17) is 16.3 Å². The van der Waals surface area contributed by atoms with Crippen LogP contribution < -0.4 is 5.32 Å². The summed E-state index contributed by atoms with van der Waals surface area (Å²) >= 11 is 7.33. The smallest absolute Gasteiger partial charge is 0.233 e. The van der Waals surface area contributed by atoms with Crippen molar-refractivity contribution in [3.8, 4) is 11.4 Å². The van der Waals surface area contributed by atoms with Crippen LogP contribution in [0.1, 0.15) is 13.3 Å². The minimum absolute atomic E-state index is 0.0349. The molecule has 1 unspecified atom stereocenters. The Labute approximate surface area is 163 Å². The summed E-state index contributed by atoms with van der Waals surface area (Å²) in [7, 11) is 1.64. The molecule has 1 aromatic heterocycles. The molecular weight excluding hydrogens is 372 g/mol. The van der Waals surface area contributed by atoms with Gasteiger partial charge in [-0.25, -0.2) is 0 Å². The van der Waals surface area contributed by atoms with Crippen LogP contribution in [0.15, 0.2) is 42.1 Å². The van der Waals surface area contributed by atoms with Gasteiger partial charge in [0.1, 0.15) is 0 Å². The van der Waals surface area contributed by atoms with Gasteiger partial charge in [-0.2, -0.15) is 0 Å². The first-order valence-electron chi connectivity index (χ1n) is 8.30. The molecule has 26 heavy (non-hydrogen) atoms. The Balaban J connectivity index is 2.10. The van der Waals surface area contributed by atoms with Crippen molar-refractivity contribution >= 4 is 29.3 Å². The van der Waals surface area contributed by atoms with Gasteiger partial charge < -0.3 is 10.1 Å². The second kappa shape index (κ2) is 10.4. The normalized spacial score (nSPS) is 12.0. The maximum atomic E-state index is 12.2. The second-order valence-corrected chi connectivity index (χ2v) is 7.35.